The van der Waals surface area contributed by atoms with Crippen molar-refractivity contribution in [2.75, 3.05) is 10.0 Å². The Morgan fingerprint density at radius 3 is 2.28 bits per heavy atom. The summed E-state index contributed by atoms with van der Waals surface area (Å²) in [4.78, 5) is 16.8. The molecule has 0 spiro atoms. The summed E-state index contributed by atoms with van der Waals surface area (Å²) in [5.41, 5.74) is 1.68. The molecule has 7 nitrogen and oxygen atoms in total. The van der Waals surface area contributed by atoms with Crippen LogP contribution in [0.25, 0.3) is 11.5 Å². The first-order chi connectivity index (χ1) is 15.4. The Bertz CT molecular complexity index is 1340. The summed E-state index contributed by atoms with van der Waals surface area (Å²) in [5, 5.41) is 2.68. The van der Waals surface area contributed by atoms with Gasteiger partial charge in [0.25, 0.3) is 10.0 Å². The molecule has 2 N–H and O–H groups in total. The normalized spacial score (nSPS) is 11.2. The minimum atomic E-state index is -3.97. The molecule has 0 atom stereocenters. The largest absolute Gasteiger partial charge is 0.444 e. The number of para-hydroxylation sites is 2. The number of hydrogen-bond donors (Lipinski definition) is 2. The summed E-state index contributed by atoms with van der Waals surface area (Å²) in [6.07, 6.45) is 1.35. The van der Waals surface area contributed by atoms with Crippen LogP contribution < -0.4 is 10.0 Å². The van der Waals surface area contributed by atoms with Gasteiger partial charge in [-0.25, -0.2) is 17.8 Å². The highest BCUT2D eigenvalue weighted by molar-refractivity contribution is 7.92. The van der Waals surface area contributed by atoms with Crippen molar-refractivity contribution in [2.24, 2.45) is 0 Å². The molecule has 1 amide bonds. The van der Waals surface area contributed by atoms with E-state index in [0.29, 0.717) is 11.6 Å². The monoisotopic (exact) mass is 451 g/mol. The van der Waals surface area contributed by atoms with Crippen LogP contribution >= 0.6 is 0 Å². The molecule has 32 heavy (non-hydrogen) atoms. The summed E-state index contributed by atoms with van der Waals surface area (Å²) in [7, 11) is -3.97. The number of anilines is 2. The number of carbonyl (C=O) groups excluding carboxylic acids is 1. The number of aromatic nitrogens is 1. The fraction of sp³-hybridized carbons (Fsp3) is 0.0435. The molecular formula is C23H18FN3O4S. The summed E-state index contributed by atoms with van der Waals surface area (Å²) < 4.78 is 46.2. The number of sulfonamides is 1. The SMILES string of the molecule is O=C(Cc1coc(-c2ccccc2)n1)Nc1ccccc1NS(=O)(=O)c1ccc(F)cc1. The number of hydrogen-bond acceptors (Lipinski definition) is 5. The van der Waals surface area contributed by atoms with E-state index < -0.39 is 21.7 Å². The zero-order chi connectivity index (χ0) is 22.6. The molecule has 3 aromatic carbocycles. The molecule has 162 valence electrons. The second-order valence-corrected chi connectivity index (χ2v) is 8.52. The third-order valence-corrected chi connectivity index (χ3v) is 5.86. The lowest BCUT2D eigenvalue weighted by Gasteiger charge is -2.13. The van der Waals surface area contributed by atoms with Crippen molar-refractivity contribution in [1.82, 2.24) is 4.98 Å². The van der Waals surface area contributed by atoms with Crippen molar-refractivity contribution in [2.45, 2.75) is 11.3 Å². The van der Waals surface area contributed by atoms with Gasteiger partial charge in [-0.3, -0.25) is 9.52 Å². The Labute approximate surface area is 184 Å². The first kappa shape index (κ1) is 21.3. The number of oxazole rings is 1. The van der Waals surface area contributed by atoms with Crippen molar-refractivity contribution < 1.29 is 22.0 Å². The molecule has 0 radical (unpaired) electrons. The van der Waals surface area contributed by atoms with Gasteiger partial charge >= 0.3 is 0 Å². The molecule has 0 saturated carbocycles. The average Bonchev–Trinajstić information content (AvgIpc) is 3.24. The van der Waals surface area contributed by atoms with Crippen molar-refractivity contribution >= 4 is 27.3 Å². The van der Waals surface area contributed by atoms with Crippen LogP contribution in [0.15, 0.2) is 94.4 Å². The second kappa shape index (κ2) is 9.03. The lowest BCUT2D eigenvalue weighted by molar-refractivity contribution is -0.115. The Balaban J connectivity index is 1.47. The third-order valence-electron chi connectivity index (χ3n) is 4.48. The number of nitrogens with zero attached hydrogens (tertiary/aromatic N) is 1. The van der Waals surface area contributed by atoms with E-state index in [1.165, 1.54) is 12.3 Å². The highest BCUT2D eigenvalue weighted by atomic mass is 32.2. The molecular weight excluding hydrogens is 433 g/mol. The van der Waals surface area contributed by atoms with E-state index >= 15 is 0 Å². The van der Waals surface area contributed by atoms with E-state index in [9.17, 15) is 17.6 Å². The van der Waals surface area contributed by atoms with Gasteiger partial charge in [0.1, 0.15) is 12.1 Å². The summed E-state index contributed by atoms with van der Waals surface area (Å²) >= 11 is 0. The highest BCUT2D eigenvalue weighted by Crippen LogP contribution is 2.25. The van der Waals surface area contributed by atoms with Gasteiger partial charge in [0.05, 0.1) is 28.4 Å². The number of halogens is 1. The first-order valence-corrected chi connectivity index (χ1v) is 11.1. The fourth-order valence-corrected chi connectivity index (χ4v) is 4.04. The number of benzene rings is 3. The Morgan fingerprint density at radius 1 is 0.906 bits per heavy atom. The predicted octanol–water partition coefficient (Wildman–Crippen LogP) is 4.46. The van der Waals surface area contributed by atoms with Crippen LogP contribution in [0.3, 0.4) is 0 Å². The molecule has 4 rings (SSSR count). The fourth-order valence-electron chi connectivity index (χ4n) is 2.96. The zero-order valence-corrected chi connectivity index (χ0v) is 17.5. The predicted molar refractivity (Wildman–Crippen MR) is 118 cm³/mol. The van der Waals surface area contributed by atoms with Crippen LogP contribution in [0.5, 0.6) is 0 Å². The van der Waals surface area contributed by atoms with E-state index in [2.05, 4.69) is 15.0 Å². The molecule has 1 aromatic heterocycles. The molecule has 9 heteroatoms. The van der Waals surface area contributed by atoms with Gasteiger partial charge in [0.15, 0.2) is 0 Å². The topological polar surface area (TPSA) is 101 Å². The molecule has 0 fully saturated rings. The maximum absolute atomic E-state index is 13.1. The Kier molecular flexibility index (Phi) is 6.00. The number of amides is 1. The standard InChI is InChI=1S/C23H18FN3O4S/c24-17-10-12-19(13-11-17)32(29,30)27-21-9-5-4-8-20(21)26-22(28)14-18-15-31-23(25-18)16-6-2-1-3-7-16/h1-13,15,27H,14H2,(H,26,28). The van der Waals surface area contributed by atoms with Crippen molar-refractivity contribution in [3.05, 3.63) is 96.6 Å². The lowest BCUT2D eigenvalue weighted by atomic mass is 10.2. The highest BCUT2D eigenvalue weighted by Gasteiger charge is 2.17. The molecule has 0 aliphatic carbocycles. The van der Waals surface area contributed by atoms with E-state index in [1.54, 1.807) is 18.2 Å². The van der Waals surface area contributed by atoms with Crippen LogP contribution in [0.4, 0.5) is 15.8 Å². The number of rotatable bonds is 7. The summed E-state index contributed by atoms with van der Waals surface area (Å²) in [6, 6.07) is 20.1. The van der Waals surface area contributed by atoms with Crippen molar-refractivity contribution in [1.29, 1.82) is 0 Å². The van der Waals surface area contributed by atoms with Gasteiger partial charge in [-0.1, -0.05) is 30.3 Å². The minimum Gasteiger partial charge on any atom is -0.444 e. The quantitative estimate of drug-likeness (QED) is 0.432. The molecule has 1 heterocycles. The minimum absolute atomic E-state index is 0.0601. The van der Waals surface area contributed by atoms with Crippen LogP contribution in [0.1, 0.15) is 5.69 Å². The van der Waals surface area contributed by atoms with E-state index in [1.807, 2.05) is 30.3 Å². The molecule has 0 saturated heterocycles. The van der Waals surface area contributed by atoms with Gasteiger partial charge in [-0.05, 0) is 48.5 Å². The maximum atomic E-state index is 13.1. The molecule has 0 bridgehead atoms. The van der Waals surface area contributed by atoms with Gasteiger partial charge in [-0.15, -0.1) is 0 Å². The molecule has 0 unspecified atom stereocenters. The van der Waals surface area contributed by atoms with Crippen LogP contribution in [-0.4, -0.2) is 19.3 Å². The molecule has 0 aliphatic rings. The van der Waals surface area contributed by atoms with Crippen molar-refractivity contribution in [3.8, 4) is 11.5 Å². The molecule has 0 aliphatic heterocycles. The number of nitrogens with one attached hydrogen (secondary N) is 2. The van der Waals surface area contributed by atoms with Gasteiger partial charge in [-0.2, -0.15) is 0 Å². The second-order valence-electron chi connectivity index (χ2n) is 6.84. The Hall–Kier alpha value is -3.98. The summed E-state index contributed by atoms with van der Waals surface area (Å²) in [5.74, 6) is -0.535. The maximum Gasteiger partial charge on any atom is 0.261 e. The first-order valence-electron chi connectivity index (χ1n) is 9.58. The third kappa shape index (κ3) is 5.01. The van der Waals surface area contributed by atoms with Gasteiger partial charge in [0, 0.05) is 5.56 Å². The van der Waals surface area contributed by atoms with E-state index in [-0.39, 0.29) is 22.7 Å². The van der Waals surface area contributed by atoms with E-state index in [0.717, 1.165) is 29.8 Å². The Morgan fingerprint density at radius 2 is 1.56 bits per heavy atom. The van der Waals surface area contributed by atoms with Crippen LogP contribution in [0.2, 0.25) is 0 Å². The van der Waals surface area contributed by atoms with E-state index in [4.69, 9.17) is 4.42 Å². The lowest BCUT2D eigenvalue weighted by Crippen LogP contribution is -2.18. The van der Waals surface area contributed by atoms with Gasteiger partial charge < -0.3 is 9.73 Å². The average molecular weight is 451 g/mol. The number of carbonyl (C=O) groups is 1. The van der Waals surface area contributed by atoms with Gasteiger partial charge in [0.2, 0.25) is 11.8 Å². The zero-order valence-electron chi connectivity index (χ0n) is 16.7. The van der Waals surface area contributed by atoms with Crippen molar-refractivity contribution in [3.63, 3.8) is 0 Å². The van der Waals surface area contributed by atoms with Crippen LogP contribution in [-0.2, 0) is 21.2 Å². The molecule has 4 aromatic rings. The summed E-state index contributed by atoms with van der Waals surface area (Å²) in [6.45, 7) is 0. The smallest absolute Gasteiger partial charge is 0.261 e. The van der Waals surface area contributed by atoms with Crippen LogP contribution in [0, 0.1) is 5.82 Å².